The van der Waals surface area contributed by atoms with E-state index in [-0.39, 0.29) is 16.1 Å². The highest BCUT2D eigenvalue weighted by Crippen LogP contribution is 2.42. The van der Waals surface area contributed by atoms with E-state index in [1.807, 2.05) is 62.4 Å². The number of hydrogen-bond donors (Lipinski definition) is 0. The first kappa shape index (κ1) is 20.6. The Kier molecular flexibility index (Phi) is 6.34. The van der Waals surface area contributed by atoms with Gasteiger partial charge in [0, 0.05) is 9.79 Å². The second kappa shape index (κ2) is 8.92. The molecule has 0 atom stereocenters. The maximum Gasteiger partial charge on any atom is 0.147 e. The maximum absolute atomic E-state index is 9.63. The molecule has 3 aromatic carbocycles. The molecule has 0 aliphatic heterocycles. The van der Waals surface area contributed by atoms with Crippen LogP contribution in [0.1, 0.15) is 22.3 Å². The Morgan fingerprint density at radius 3 is 2.24 bits per heavy atom. The molecule has 3 aromatic rings. The van der Waals surface area contributed by atoms with Gasteiger partial charge in [0.2, 0.25) is 0 Å². The van der Waals surface area contributed by atoms with Crippen molar-refractivity contribution in [1.29, 1.82) is 10.5 Å². The molecule has 0 spiro atoms. The Hall–Kier alpha value is -3.12. The van der Waals surface area contributed by atoms with Gasteiger partial charge in [0.1, 0.15) is 35.0 Å². The highest BCUT2D eigenvalue weighted by atomic mass is 35.5. The predicted octanol–water partition coefficient (Wildman–Crippen LogP) is 6.65. The van der Waals surface area contributed by atoms with E-state index in [0.29, 0.717) is 16.4 Å². The van der Waals surface area contributed by atoms with Crippen molar-refractivity contribution in [1.82, 2.24) is 0 Å². The van der Waals surface area contributed by atoms with Gasteiger partial charge in [-0.3, -0.25) is 0 Å². The molecule has 0 aliphatic rings. The lowest BCUT2D eigenvalue weighted by Crippen LogP contribution is -1.97. The van der Waals surface area contributed by atoms with Gasteiger partial charge in [-0.1, -0.05) is 35.5 Å². The average Bonchev–Trinajstić information content (AvgIpc) is 2.73. The van der Waals surface area contributed by atoms with Gasteiger partial charge in [-0.05, 0) is 61.4 Å². The summed E-state index contributed by atoms with van der Waals surface area (Å²) in [5, 5.41) is 19.5. The van der Waals surface area contributed by atoms with Crippen LogP contribution in [0.4, 0.5) is 0 Å². The zero-order valence-corrected chi connectivity index (χ0v) is 17.7. The standard InChI is InChI=1S/C23H17ClN2O2S/c1-14-5-4-6-20(15(14)2)28-21-11-22(23(24)19(13-26)18(21)12-25)29-17-9-7-16(27-3)8-10-17/h4-11H,1-3H3. The first-order chi connectivity index (χ1) is 14.0. The Morgan fingerprint density at radius 1 is 0.931 bits per heavy atom. The molecule has 0 aromatic heterocycles. The van der Waals surface area contributed by atoms with Crippen LogP contribution in [0.5, 0.6) is 17.2 Å². The number of methoxy groups -OCH3 is 1. The summed E-state index contributed by atoms with van der Waals surface area (Å²) < 4.78 is 11.2. The van der Waals surface area contributed by atoms with Crippen LogP contribution < -0.4 is 9.47 Å². The fourth-order valence-electron chi connectivity index (χ4n) is 2.71. The molecule has 0 amide bonds. The van der Waals surface area contributed by atoms with Gasteiger partial charge in [0.15, 0.2) is 0 Å². The molecule has 0 N–H and O–H groups in total. The van der Waals surface area contributed by atoms with Crippen molar-refractivity contribution in [3.8, 4) is 29.4 Å². The number of nitriles is 2. The van der Waals surface area contributed by atoms with Crippen LogP contribution in [-0.2, 0) is 0 Å². The number of nitrogens with zero attached hydrogens (tertiary/aromatic N) is 2. The minimum Gasteiger partial charge on any atom is -0.497 e. The molecule has 0 heterocycles. The Labute approximate surface area is 179 Å². The molecule has 0 radical (unpaired) electrons. The number of hydrogen-bond acceptors (Lipinski definition) is 5. The van der Waals surface area contributed by atoms with Crippen molar-refractivity contribution >= 4 is 23.4 Å². The number of ether oxygens (including phenoxy) is 2. The molecule has 4 nitrogen and oxygen atoms in total. The zero-order valence-electron chi connectivity index (χ0n) is 16.1. The van der Waals surface area contributed by atoms with E-state index in [1.165, 1.54) is 11.8 Å². The summed E-state index contributed by atoms with van der Waals surface area (Å²) in [6, 6.07) is 19.0. The lowest BCUT2D eigenvalue weighted by Gasteiger charge is -2.15. The maximum atomic E-state index is 9.63. The molecule has 3 rings (SSSR count). The largest absolute Gasteiger partial charge is 0.497 e. The van der Waals surface area contributed by atoms with Gasteiger partial charge in [0.25, 0.3) is 0 Å². The smallest absolute Gasteiger partial charge is 0.147 e. The van der Waals surface area contributed by atoms with Gasteiger partial charge in [-0.25, -0.2) is 0 Å². The molecule has 0 unspecified atom stereocenters. The summed E-state index contributed by atoms with van der Waals surface area (Å²) >= 11 is 7.84. The summed E-state index contributed by atoms with van der Waals surface area (Å²) in [5.41, 5.74) is 2.27. The molecule has 0 saturated carbocycles. The molecule has 0 fully saturated rings. The highest BCUT2D eigenvalue weighted by molar-refractivity contribution is 7.99. The van der Waals surface area contributed by atoms with E-state index in [0.717, 1.165) is 21.8 Å². The summed E-state index contributed by atoms with van der Waals surface area (Å²) in [7, 11) is 1.61. The summed E-state index contributed by atoms with van der Waals surface area (Å²) in [5.74, 6) is 1.68. The number of halogens is 1. The predicted molar refractivity (Wildman–Crippen MR) is 114 cm³/mol. The van der Waals surface area contributed by atoms with Gasteiger partial charge in [0.05, 0.1) is 17.7 Å². The molecule has 0 aliphatic carbocycles. The summed E-state index contributed by atoms with van der Waals surface area (Å²) in [6.45, 7) is 3.94. The quantitative estimate of drug-likeness (QED) is 0.462. The monoisotopic (exact) mass is 420 g/mol. The Balaban J connectivity index is 2.08. The van der Waals surface area contributed by atoms with E-state index in [2.05, 4.69) is 6.07 Å². The SMILES string of the molecule is COc1ccc(Sc2cc(Oc3cccc(C)c3C)c(C#N)c(C#N)c2Cl)cc1. The van der Waals surface area contributed by atoms with E-state index < -0.39 is 0 Å². The van der Waals surface area contributed by atoms with Crippen molar-refractivity contribution in [2.24, 2.45) is 0 Å². The van der Waals surface area contributed by atoms with Crippen molar-refractivity contribution in [2.45, 2.75) is 23.6 Å². The molecule has 6 heteroatoms. The van der Waals surface area contributed by atoms with Gasteiger partial charge < -0.3 is 9.47 Å². The fraction of sp³-hybridized carbons (Fsp3) is 0.130. The molecular formula is C23H17ClN2O2S. The Bertz CT molecular complexity index is 1150. The average molecular weight is 421 g/mol. The summed E-state index contributed by atoms with van der Waals surface area (Å²) in [4.78, 5) is 1.55. The topological polar surface area (TPSA) is 66.0 Å². The van der Waals surface area contributed by atoms with Crippen molar-refractivity contribution in [3.63, 3.8) is 0 Å². The van der Waals surface area contributed by atoms with E-state index in [9.17, 15) is 10.5 Å². The van der Waals surface area contributed by atoms with Gasteiger partial charge >= 0.3 is 0 Å². The van der Waals surface area contributed by atoms with E-state index in [4.69, 9.17) is 21.1 Å². The Morgan fingerprint density at radius 2 is 1.62 bits per heavy atom. The third-order valence-electron chi connectivity index (χ3n) is 4.48. The van der Waals surface area contributed by atoms with E-state index in [1.54, 1.807) is 13.2 Å². The van der Waals surface area contributed by atoms with Crippen LogP contribution in [0.3, 0.4) is 0 Å². The van der Waals surface area contributed by atoms with Crippen LogP contribution in [-0.4, -0.2) is 7.11 Å². The number of benzene rings is 3. The van der Waals surface area contributed by atoms with Gasteiger partial charge in [-0.15, -0.1) is 0 Å². The first-order valence-corrected chi connectivity index (χ1v) is 9.90. The normalized spacial score (nSPS) is 10.1. The molecular weight excluding hydrogens is 404 g/mol. The zero-order chi connectivity index (χ0) is 21.0. The van der Waals surface area contributed by atoms with Crippen molar-refractivity contribution in [3.05, 3.63) is 75.8 Å². The number of aryl methyl sites for hydroxylation is 1. The lowest BCUT2D eigenvalue weighted by atomic mass is 10.1. The van der Waals surface area contributed by atoms with Gasteiger partial charge in [-0.2, -0.15) is 10.5 Å². The minimum atomic E-state index is 0.105. The highest BCUT2D eigenvalue weighted by Gasteiger charge is 2.20. The third kappa shape index (κ3) is 4.32. The van der Waals surface area contributed by atoms with E-state index >= 15 is 0 Å². The molecule has 0 bridgehead atoms. The third-order valence-corrected chi connectivity index (χ3v) is 6.03. The fourth-order valence-corrected chi connectivity index (χ4v) is 3.90. The molecule has 29 heavy (non-hydrogen) atoms. The van der Waals surface area contributed by atoms with Crippen LogP contribution in [0.15, 0.2) is 58.3 Å². The second-order valence-corrected chi connectivity index (χ2v) is 7.73. The minimum absolute atomic E-state index is 0.105. The van der Waals surface area contributed by atoms with Crippen LogP contribution in [0, 0.1) is 36.5 Å². The van der Waals surface area contributed by atoms with Crippen LogP contribution in [0.25, 0.3) is 0 Å². The number of rotatable bonds is 5. The first-order valence-electron chi connectivity index (χ1n) is 8.71. The van der Waals surface area contributed by atoms with Crippen molar-refractivity contribution < 1.29 is 9.47 Å². The molecule has 0 saturated heterocycles. The molecule has 144 valence electrons. The lowest BCUT2D eigenvalue weighted by molar-refractivity contribution is 0.414. The van der Waals surface area contributed by atoms with Crippen LogP contribution >= 0.6 is 23.4 Å². The van der Waals surface area contributed by atoms with Crippen molar-refractivity contribution in [2.75, 3.05) is 7.11 Å². The van der Waals surface area contributed by atoms with Crippen LogP contribution in [0.2, 0.25) is 5.02 Å². The second-order valence-electron chi connectivity index (χ2n) is 6.24. The summed E-state index contributed by atoms with van der Waals surface area (Å²) in [6.07, 6.45) is 0.